The fourth-order valence-corrected chi connectivity index (χ4v) is 4.27. The molecule has 27 heavy (non-hydrogen) atoms. The fourth-order valence-electron chi connectivity index (χ4n) is 4.27. The Hall–Kier alpha value is -2.53. The number of fused-ring (bicyclic) bond motifs is 1. The summed E-state index contributed by atoms with van der Waals surface area (Å²) in [4.78, 5) is 4.39. The predicted octanol–water partition coefficient (Wildman–Crippen LogP) is 2.30. The third-order valence-electron chi connectivity index (χ3n) is 5.91. The zero-order valence-electron chi connectivity index (χ0n) is 16.0. The van der Waals surface area contributed by atoms with Crippen LogP contribution >= 0.6 is 0 Å². The molecule has 4 rings (SSSR count). The molecule has 1 aromatic heterocycles. The van der Waals surface area contributed by atoms with Gasteiger partial charge in [-0.05, 0) is 32.0 Å². The molecule has 2 aliphatic heterocycles. The number of aromatic nitrogens is 1. The molecule has 2 aliphatic rings. The highest BCUT2D eigenvalue weighted by atomic mass is 19.1. The normalized spacial score (nSPS) is 21.7. The topological polar surface area (TPSA) is 23.4 Å². The summed E-state index contributed by atoms with van der Waals surface area (Å²) in [6, 6.07) is 3.62. The molecule has 0 aliphatic carbocycles. The first kappa shape index (κ1) is 17.9. The van der Waals surface area contributed by atoms with Crippen LogP contribution in [-0.2, 0) is 0 Å². The molecule has 4 nitrogen and oxygen atoms in total. The first-order valence-electron chi connectivity index (χ1n) is 9.45. The second-order valence-electron chi connectivity index (χ2n) is 7.71. The molecule has 2 saturated heterocycles. The van der Waals surface area contributed by atoms with Crippen molar-refractivity contribution in [1.29, 1.82) is 0 Å². The Morgan fingerprint density at radius 3 is 2.26 bits per heavy atom. The Morgan fingerprint density at radius 1 is 1.00 bits per heavy atom. The molecule has 0 radical (unpaired) electrons. The van der Waals surface area contributed by atoms with Gasteiger partial charge < -0.3 is 19.7 Å². The molecule has 3 heterocycles. The van der Waals surface area contributed by atoms with Crippen LogP contribution in [0.3, 0.4) is 0 Å². The van der Waals surface area contributed by atoms with Gasteiger partial charge in [-0.15, -0.1) is 0 Å². The van der Waals surface area contributed by atoms with Crippen molar-refractivity contribution in [3.63, 3.8) is 0 Å². The van der Waals surface area contributed by atoms with E-state index in [1.54, 1.807) is 6.07 Å². The minimum atomic E-state index is -0.192. The molecule has 142 valence electrons. The van der Waals surface area contributed by atoms with E-state index >= 15 is 0 Å². The summed E-state index contributed by atoms with van der Waals surface area (Å²) in [6.45, 7) is 20.2. The van der Waals surface area contributed by atoms with Gasteiger partial charge in [0.05, 0.1) is 11.7 Å². The molecule has 2 aromatic rings. The lowest BCUT2D eigenvalue weighted by Crippen LogP contribution is -2.44. The predicted molar refractivity (Wildman–Crippen MR) is 112 cm³/mol. The number of nitrogens with zero attached hydrogens (tertiary/aromatic N) is 3. The first-order valence-corrected chi connectivity index (χ1v) is 9.45. The third-order valence-corrected chi connectivity index (χ3v) is 5.91. The van der Waals surface area contributed by atoms with Crippen LogP contribution in [0, 0.1) is 5.82 Å². The maximum absolute atomic E-state index is 14.9. The molecule has 0 bridgehead atoms. The summed E-state index contributed by atoms with van der Waals surface area (Å²) >= 11 is 0. The highest BCUT2D eigenvalue weighted by molar-refractivity contribution is 5.87. The number of halogens is 1. The molecular weight excluding hydrogens is 339 g/mol. The van der Waals surface area contributed by atoms with E-state index in [4.69, 9.17) is 0 Å². The summed E-state index contributed by atoms with van der Waals surface area (Å²) in [5.41, 5.74) is 2.53. The summed E-state index contributed by atoms with van der Waals surface area (Å²) < 4.78 is 17.0. The van der Waals surface area contributed by atoms with E-state index in [0.29, 0.717) is 5.69 Å². The summed E-state index contributed by atoms with van der Waals surface area (Å²) in [7, 11) is 2.10. The minimum Gasteiger partial charge on any atom is -0.367 e. The number of rotatable bonds is 2. The van der Waals surface area contributed by atoms with Crippen molar-refractivity contribution < 1.29 is 4.39 Å². The SMILES string of the molecule is C=C1CCC(n2c(=C)c3cc(F)c(N4CCN(C)CC4)cc3c2=C)C(=C)N1. The maximum Gasteiger partial charge on any atom is 0.147 e. The molecule has 1 unspecified atom stereocenters. The molecule has 1 aromatic carbocycles. The second-order valence-corrected chi connectivity index (χ2v) is 7.71. The van der Waals surface area contributed by atoms with Crippen LogP contribution in [0.15, 0.2) is 36.7 Å². The van der Waals surface area contributed by atoms with Crippen LogP contribution in [0.2, 0.25) is 0 Å². The second kappa shape index (κ2) is 6.57. The summed E-state index contributed by atoms with van der Waals surface area (Å²) in [6.07, 6.45) is 1.77. The van der Waals surface area contributed by atoms with Crippen molar-refractivity contribution in [3.8, 4) is 0 Å². The van der Waals surface area contributed by atoms with E-state index in [0.717, 1.165) is 71.9 Å². The Balaban J connectivity index is 1.80. The molecular formula is C22H27FN4. The number of allylic oxidation sites excluding steroid dienone is 2. The molecule has 1 atom stereocenters. The van der Waals surface area contributed by atoms with Crippen LogP contribution in [0.5, 0.6) is 0 Å². The molecule has 0 saturated carbocycles. The third kappa shape index (κ3) is 2.96. The van der Waals surface area contributed by atoms with Gasteiger partial charge in [-0.3, -0.25) is 0 Å². The lowest BCUT2D eigenvalue weighted by atomic mass is 10.0. The van der Waals surface area contributed by atoms with Crippen molar-refractivity contribution in [1.82, 2.24) is 14.8 Å². The first-order chi connectivity index (χ1) is 12.9. The number of anilines is 1. The van der Waals surface area contributed by atoms with E-state index in [2.05, 4.69) is 53.0 Å². The molecule has 2 fully saturated rings. The van der Waals surface area contributed by atoms with Gasteiger partial charge in [0, 0.05) is 59.0 Å². The standard InChI is InChI=1S/C22H27FN4/c1-14-6-7-21(15(2)24-14)27-16(3)18-12-20(23)22(13-19(18)17(27)4)26-10-8-25(5)9-11-26/h12-13,21,24H,1-4,6-11H2,5H3. The molecule has 0 spiro atoms. The molecule has 0 amide bonds. The van der Waals surface area contributed by atoms with E-state index in [1.807, 2.05) is 6.07 Å². The molecule has 5 heteroatoms. The van der Waals surface area contributed by atoms with Crippen molar-refractivity contribution in [3.05, 3.63) is 53.2 Å². The highest BCUT2D eigenvalue weighted by Crippen LogP contribution is 2.28. The van der Waals surface area contributed by atoms with Crippen molar-refractivity contribution in [2.45, 2.75) is 18.9 Å². The Labute approximate surface area is 159 Å². The summed E-state index contributed by atoms with van der Waals surface area (Å²) in [5, 5.41) is 6.70. The van der Waals surface area contributed by atoms with Crippen molar-refractivity contribution in [2.24, 2.45) is 0 Å². The van der Waals surface area contributed by atoms with E-state index in [1.165, 1.54) is 0 Å². The summed E-state index contributed by atoms with van der Waals surface area (Å²) in [5.74, 6) is -0.192. The monoisotopic (exact) mass is 366 g/mol. The highest BCUT2D eigenvalue weighted by Gasteiger charge is 2.24. The van der Waals surface area contributed by atoms with Gasteiger partial charge in [0.2, 0.25) is 0 Å². The van der Waals surface area contributed by atoms with Gasteiger partial charge in [-0.1, -0.05) is 26.3 Å². The van der Waals surface area contributed by atoms with Crippen LogP contribution in [-0.4, -0.2) is 42.7 Å². The van der Waals surface area contributed by atoms with Gasteiger partial charge in [0.15, 0.2) is 0 Å². The number of benzene rings is 1. The van der Waals surface area contributed by atoms with Crippen LogP contribution in [0.25, 0.3) is 23.9 Å². The Bertz CT molecular complexity index is 1030. The van der Waals surface area contributed by atoms with Crippen molar-refractivity contribution in [2.75, 3.05) is 38.1 Å². The van der Waals surface area contributed by atoms with Crippen LogP contribution < -0.4 is 20.9 Å². The van der Waals surface area contributed by atoms with Gasteiger partial charge in [-0.2, -0.15) is 0 Å². The van der Waals surface area contributed by atoms with Gasteiger partial charge in [-0.25, -0.2) is 4.39 Å². The maximum atomic E-state index is 14.9. The average Bonchev–Trinajstić information content (AvgIpc) is 2.86. The number of nitrogens with one attached hydrogen (secondary N) is 1. The quantitative estimate of drug-likeness (QED) is 0.882. The van der Waals surface area contributed by atoms with Gasteiger partial charge in [0.1, 0.15) is 5.82 Å². The zero-order valence-corrected chi connectivity index (χ0v) is 16.0. The lowest BCUT2D eigenvalue weighted by Gasteiger charge is -2.34. The van der Waals surface area contributed by atoms with Crippen LogP contribution in [0.1, 0.15) is 18.9 Å². The number of piperazine rings is 1. The lowest BCUT2D eigenvalue weighted by molar-refractivity contribution is 0.312. The number of likely N-dealkylation sites (N-methyl/N-ethyl adjacent to an activating group) is 1. The Morgan fingerprint density at radius 2 is 1.63 bits per heavy atom. The van der Waals surface area contributed by atoms with E-state index in [9.17, 15) is 4.39 Å². The van der Waals surface area contributed by atoms with Crippen LogP contribution in [0.4, 0.5) is 10.1 Å². The average molecular weight is 366 g/mol. The largest absolute Gasteiger partial charge is 0.367 e. The number of hydrogen-bond acceptors (Lipinski definition) is 3. The number of piperidine rings is 1. The Kier molecular flexibility index (Phi) is 4.35. The molecule has 1 N–H and O–H groups in total. The number of hydrogen-bond donors (Lipinski definition) is 1. The van der Waals surface area contributed by atoms with Gasteiger partial charge >= 0.3 is 0 Å². The van der Waals surface area contributed by atoms with E-state index < -0.39 is 0 Å². The minimum absolute atomic E-state index is 0.0537. The van der Waals surface area contributed by atoms with E-state index in [-0.39, 0.29) is 11.9 Å². The fraction of sp³-hybridized carbons (Fsp3) is 0.364. The zero-order chi connectivity index (χ0) is 19.3. The van der Waals surface area contributed by atoms with Gasteiger partial charge in [0.25, 0.3) is 0 Å². The smallest absolute Gasteiger partial charge is 0.147 e. The van der Waals surface area contributed by atoms with Crippen molar-refractivity contribution >= 4 is 29.6 Å².